The van der Waals surface area contributed by atoms with Crippen molar-refractivity contribution < 1.29 is 14.4 Å². The summed E-state index contributed by atoms with van der Waals surface area (Å²) < 4.78 is 0. The lowest BCUT2D eigenvalue weighted by Crippen LogP contribution is -2.62. The van der Waals surface area contributed by atoms with Crippen LogP contribution in [-0.4, -0.2) is 46.7 Å². The fourth-order valence-corrected chi connectivity index (χ4v) is 3.19. The smallest absolute Gasteiger partial charge is 0.230 e. The average Bonchev–Trinajstić information content (AvgIpc) is 2.91. The van der Waals surface area contributed by atoms with E-state index in [4.69, 9.17) is 0 Å². The van der Waals surface area contributed by atoms with Crippen LogP contribution >= 0.6 is 11.3 Å². The van der Waals surface area contributed by atoms with Crippen LogP contribution in [0.25, 0.3) is 0 Å². The number of hydrogen-bond donors (Lipinski definition) is 0. The van der Waals surface area contributed by atoms with Gasteiger partial charge in [0.25, 0.3) is 0 Å². The lowest BCUT2D eigenvalue weighted by atomic mass is 10.1. The van der Waals surface area contributed by atoms with Crippen molar-refractivity contribution in [3.05, 3.63) is 22.4 Å². The van der Waals surface area contributed by atoms with Gasteiger partial charge < -0.3 is 4.90 Å². The first kappa shape index (κ1) is 12.3. The zero-order chi connectivity index (χ0) is 13.4. The quantitative estimate of drug-likeness (QED) is 0.763. The van der Waals surface area contributed by atoms with Crippen LogP contribution in [0.2, 0.25) is 0 Å². The number of carbonyl (C=O) groups excluding carboxylic acids is 3. The van der Waals surface area contributed by atoms with Crippen molar-refractivity contribution >= 4 is 29.1 Å². The molecular weight excluding hydrogens is 264 g/mol. The molecule has 1 aromatic heterocycles. The Labute approximate surface area is 114 Å². The molecule has 0 N–H and O–H groups in total. The SMILES string of the molecule is O=C(Cc1cccs1)N1CC(N2C(=O)CCC2=O)C1. The maximum Gasteiger partial charge on any atom is 0.230 e. The summed E-state index contributed by atoms with van der Waals surface area (Å²) in [6.07, 6.45) is 1.04. The van der Waals surface area contributed by atoms with Crippen LogP contribution < -0.4 is 0 Å². The minimum absolute atomic E-state index is 0.0674. The number of hydrogen-bond acceptors (Lipinski definition) is 4. The molecule has 2 aliphatic heterocycles. The summed E-state index contributed by atoms with van der Waals surface area (Å²) in [5.74, 6) is -0.126. The highest BCUT2D eigenvalue weighted by Gasteiger charge is 2.42. The molecule has 2 aliphatic rings. The zero-order valence-electron chi connectivity index (χ0n) is 10.4. The van der Waals surface area contributed by atoms with E-state index in [1.54, 1.807) is 16.2 Å². The van der Waals surface area contributed by atoms with Crippen molar-refractivity contribution in [1.29, 1.82) is 0 Å². The van der Waals surface area contributed by atoms with E-state index in [0.29, 0.717) is 32.4 Å². The molecule has 100 valence electrons. The standard InChI is InChI=1S/C13H14N2O3S/c16-11-3-4-12(17)15(11)9-7-14(8-9)13(18)6-10-2-1-5-19-10/h1-2,5,9H,3-4,6-8H2. The van der Waals surface area contributed by atoms with Crippen LogP contribution in [0.3, 0.4) is 0 Å². The Kier molecular flexibility index (Phi) is 3.10. The minimum atomic E-state index is -0.102. The van der Waals surface area contributed by atoms with Crippen molar-refractivity contribution in [3.8, 4) is 0 Å². The first-order valence-corrected chi connectivity index (χ1v) is 7.18. The highest BCUT2D eigenvalue weighted by atomic mass is 32.1. The van der Waals surface area contributed by atoms with E-state index in [1.807, 2.05) is 17.5 Å². The molecule has 0 saturated carbocycles. The van der Waals surface area contributed by atoms with E-state index < -0.39 is 0 Å². The topological polar surface area (TPSA) is 57.7 Å². The van der Waals surface area contributed by atoms with Gasteiger partial charge in [0.15, 0.2) is 0 Å². The van der Waals surface area contributed by atoms with Gasteiger partial charge in [-0.25, -0.2) is 0 Å². The molecule has 3 amide bonds. The fraction of sp³-hybridized carbons (Fsp3) is 0.462. The van der Waals surface area contributed by atoms with Crippen LogP contribution in [0.4, 0.5) is 0 Å². The molecule has 6 heteroatoms. The van der Waals surface area contributed by atoms with Gasteiger partial charge in [0.2, 0.25) is 17.7 Å². The number of thiophene rings is 1. The molecule has 3 rings (SSSR count). The third-order valence-corrected chi connectivity index (χ3v) is 4.45. The predicted molar refractivity (Wildman–Crippen MR) is 69.5 cm³/mol. The third-order valence-electron chi connectivity index (χ3n) is 3.58. The van der Waals surface area contributed by atoms with Gasteiger partial charge in [0, 0.05) is 30.8 Å². The van der Waals surface area contributed by atoms with Gasteiger partial charge in [-0.15, -0.1) is 11.3 Å². The summed E-state index contributed by atoms with van der Waals surface area (Å²) in [5, 5.41) is 1.95. The Morgan fingerprint density at radius 3 is 2.53 bits per heavy atom. The first-order chi connectivity index (χ1) is 9.15. The Morgan fingerprint density at radius 1 is 1.26 bits per heavy atom. The van der Waals surface area contributed by atoms with Crippen molar-refractivity contribution in [1.82, 2.24) is 9.80 Å². The molecular formula is C13H14N2O3S. The van der Waals surface area contributed by atoms with Gasteiger partial charge in [-0.2, -0.15) is 0 Å². The highest BCUT2D eigenvalue weighted by Crippen LogP contribution is 2.23. The summed E-state index contributed by atoms with van der Waals surface area (Å²) in [6.45, 7) is 0.976. The molecule has 1 aromatic rings. The first-order valence-electron chi connectivity index (χ1n) is 6.30. The number of likely N-dealkylation sites (tertiary alicyclic amines) is 2. The van der Waals surface area contributed by atoms with Gasteiger partial charge in [-0.1, -0.05) is 6.07 Å². The lowest BCUT2D eigenvalue weighted by Gasteiger charge is -2.43. The molecule has 0 aromatic carbocycles. The second-order valence-corrected chi connectivity index (χ2v) is 5.90. The van der Waals surface area contributed by atoms with E-state index in [0.717, 1.165) is 4.88 Å². The monoisotopic (exact) mass is 278 g/mol. The number of rotatable bonds is 3. The molecule has 19 heavy (non-hydrogen) atoms. The fourth-order valence-electron chi connectivity index (χ4n) is 2.50. The van der Waals surface area contributed by atoms with Gasteiger partial charge in [0.1, 0.15) is 0 Å². The molecule has 0 spiro atoms. The van der Waals surface area contributed by atoms with Gasteiger partial charge in [-0.3, -0.25) is 19.3 Å². The van der Waals surface area contributed by atoms with Gasteiger partial charge in [-0.05, 0) is 11.4 Å². The van der Waals surface area contributed by atoms with Crippen LogP contribution in [0.15, 0.2) is 17.5 Å². The van der Waals surface area contributed by atoms with Gasteiger partial charge >= 0.3 is 0 Å². The van der Waals surface area contributed by atoms with Crippen molar-refractivity contribution in [3.63, 3.8) is 0 Å². The molecule has 0 aliphatic carbocycles. The Balaban J connectivity index is 1.54. The molecule has 0 radical (unpaired) electrons. The average molecular weight is 278 g/mol. The van der Waals surface area contributed by atoms with Crippen LogP contribution in [0.5, 0.6) is 0 Å². The second kappa shape index (κ2) is 4.77. The van der Waals surface area contributed by atoms with E-state index in [9.17, 15) is 14.4 Å². The molecule has 5 nitrogen and oxygen atoms in total. The zero-order valence-corrected chi connectivity index (χ0v) is 11.2. The van der Waals surface area contributed by atoms with E-state index in [2.05, 4.69) is 0 Å². The minimum Gasteiger partial charge on any atom is -0.338 e. The summed E-state index contributed by atoms with van der Waals surface area (Å²) in [7, 11) is 0. The maximum atomic E-state index is 12.0. The van der Waals surface area contributed by atoms with E-state index >= 15 is 0 Å². The summed E-state index contributed by atoms with van der Waals surface area (Å²) in [4.78, 5) is 39.2. The Morgan fingerprint density at radius 2 is 1.95 bits per heavy atom. The molecule has 0 bridgehead atoms. The molecule has 0 atom stereocenters. The molecule has 3 heterocycles. The molecule has 2 fully saturated rings. The predicted octanol–water partition coefficient (Wildman–Crippen LogP) is 0.650. The Bertz CT molecular complexity index is 504. The van der Waals surface area contributed by atoms with Crippen molar-refractivity contribution in [2.45, 2.75) is 25.3 Å². The van der Waals surface area contributed by atoms with E-state index in [-0.39, 0.29) is 23.8 Å². The van der Waals surface area contributed by atoms with Crippen LogP contribution in [0, 0.1) is 0 Å². The van der Waals surface area contributed by atoms with Crippen molar-refractivity contribution in [2.24, 2.45) is 0 Å². The van der Waals surface area contributed by atoms with Crippen LogP contribution in [-0.2, 0) is 20.8 Å². The van der Waals surface area contributed by atoms with Crippen LogP contribution in [0.1, 0.15) is 17.7 Å². The number of imide groups is 1. The molecule has 2 saturated heterocycles. The van der Waals surface area contributed by atoms with E-state index in [1.165, 1.54) is 4.90 Å². The number of amides is 3. The number of carbonyl (C=O) groups is 3. The lowest BCUT2D eigenvalue weighted by molar-refractivity contribution is -0.151. The summed E-state index contributed by atoms with van der Waals surface area (Å²) in [5.41, 5.74) is 0. The normalized spacial score (nSPS) is 20.0. The van der Waals surface area contributed by atoms with Crippen molar-refractivity contribution in [2.75, 3.05) is 13.1 Å². The highest BCUT2D eigenvalue weighted by molar-refractivity contribution is 7.10. The third kappa shape index (κ3) is 2.28. The van der Waals surface area contributed by atoms with Gasteiger partial charge in [0.05, 0.1) is 12.5 Å². The second-order valence-electron chi connectivity index (χ2n) is 4.87. The molecule has 0 unspecified atom stereocenters. The Hall–Kier alpha value is -1.69. The maximum absolute atomic E-state index is 12.0. The largest absolute Gasteiger partial charge is 0.338 e. The number of nitrogens with zero attached hydrogens (tertiary/aromatic N) is 2. The summed E-state index contributed by atoms with van der Waals surface area (Å²) in [6, 6.07) is 3.76. The summed E-state index contributed by atoms with van der Waals surface area (Å²) >= 11 is 1.56.